The van der Waals surface area contributed by atoms with Crippen molar-refractivity contribution in [1.29, 1.82) is 0 Å². The van der Waals surface area contributed by atoms with E-state index in [2.05, 4.69) is 36.4 Å². The van der Waals surface area contributed by atoms with Gasteiger partial charge in [0.1, 0.15) is 0 Å². The van der Waals surface area contributed by atoms with Gasteiger partial charge in [0.05, 0.1) is 4.92 Å². The summed E-state index contributed by atoms with van der Waals surface area (Å²) >= 11 is 0. The minimum Gasteiger partial charge on any atom is -0.385 e. The van der Waals surface area contributed by atoms with Crippen LogP contribution in [0.25, 0.3) is 0 Å². The summed E-state index contributed by atoms with van der Waals surface area (Å²) in [5, 5.41) is 17.3. The van der Waals surface area contributed by atoms with Gasteiger partial charge in [-0.3, -0.25) is 10.1 Å². The van der Waals surface area contributed by atoms with Crippen molar-refractivity contribution < 1.29 is 4.92 Å². The molecular formula is C15H26N4O2. The van der Waals surface area contributed by atoms with Crippen LogP contribution in [0.1, 0.15) is 27.2 Å². The first-order chi connectivity index (χ1) is 9.97. The van der Waals surface area contributed by atoms with Crippen LogP contribution in [0.2, 0.25) is 0 Å². The zero-order chi connectivity index (χ0) is 15.8. The van der Waals surface area contributed by atoms with E-state index in [0.29, 0.717) is 6.04 Å². The molecule has 0 saturated heterocycles. The summed E-state index contributed by atoms with van der Waals surface area (Å²) < 4.78 is 0. The molecule has 1 rings (SSSR count). The van der Waals surface area contributed by atoms with E-state index in [1.165, 1.54) is 0 Å². The summed E-state index contributed by atoms with van der Waals surface area (Å²) in [6, 6.07) is 5.57. The van der Waals surface area contributed by atoms with E-state index in [1.54, 1.807) is 12.1 Å². The lowest BCUT2D eigenvalue weighted by Crippen LogP contribution is -2.32. The Bertz CT molecular complexity index is 465. The predicted octanol–water partition coefficient (Wildman–Crippen LogP) is 3.17. The first-order valence-electron chi connectivity index (χ1n) is 7.45. The minimum atomic E-state index is -0.364. The van der Waals surface area contributed by atoms with Crippen LogP contribution in [0.4, 0.5) is 17.1 Å². The molecule has 0 aliphatic heterocycles. The Hall–Kier alpha value is -1.82. The summed E-state index contributed by atoms with van der Waals surface area (Å²) in [5.74, 6) is 0. The van der Waals surface area contributed by atoms with E-state index in [9.17, 15) is 10.1 Å². The second-order valence-corrected chi connectivity index (χ2v) is 5.22. The Balaban J connectivity index is 2.67. The summed E-state index contributed by atoms with van der Waals surface area (Å²) in [6.45, 7) is 8.71. The van der Waals surface area contributed by atoms with Gasteiger partial charge < -0.3 is 15.5 Å². The van der Waals surface area contributed by atoms with Crippen LogP contribution < -0.4 is 10.6 Å². The minimum absolute atomic E-state index is 0.103. The summed E-state index contributed by atoms with van der Waals surface area (Å²) in [4.78, 5) is 12.9. The third-order valence-electron chi connectivity index (χ3n) is 3.65. The lowest BCUT2D eigenvalue weighted by atomic mass is 10.2. The maximum atomic E-state index is 11.0. The number of hydrogen-bond donors (Lipinski definition) is 2. The van der Waals surface area contributed by atoms with Gasteiger partial charge in [0.15, 0.2) is 0 Å². The Morgan fingerprint density at radius 1 is 1.24 bits per heavy atom. The van der Waals surface area contributed by atoms with Crippen molar-refractivity contribution in [2.24, 2.45) is 0 Å². The van der Waals surface area contributed by atoms with E-state index in [4.69, 9.17) is 0 Å². The first kappa shape index (κ1) is 17.2. The molecule has 118 valence electrons. The quantitative estimate of drug-likeness (QED) is 0.541. The molecule has 0 amide bonds. The van der Waals surface area contributed by atoms with Crippen LogP contribution in [0.3, 0.4) is 0 Å². The zero-order valence-corrected chi connectivity index (χ0v) is 13.3. The number of nitro benzene ring substituents is 1. The molecule has 0 aliphatic rings. The number of anilines is 2. The second-order valence-electron chi connectivity index (χ2n) is 5.22. The molecule has 0 aromatic heterocycles. The standard InChI is InChI=1S/C15H26N4O2/c1-5-12(3)18(4)8-7-17-14-9-13(16-6-2)10-15(11-14)19(20)21/h9-12,16-17H,5-8H2,1-4H3. The predicted molar refractivity (Wildman–Crippen MR) is 88.1 cm³/mol. The van der Waals surface area contributed by atoms with Crippen molar-refractivity contribution in [2.45, 2.75) is 33.2 Å². The van der Waals surface area contributed by atoms with Gasteiger partial charge in [-0.05, 0) is 33.4 Å². The Kier molecular flexibility index (Phi) is 6.94. The highest BCUT2D eigenvalue weighted by molar-refractivity contribution is 5.63. The van der Waals surface area contributed by atoms with Gasteiger partial charge in [0.25, 0.3) is 5.69 Å². The Morgan fingerprint density at radius 3 is 2.38 bits per heavy atom. The van der Waals surface area contributed by atoms with Crippen LogP contribution in [-0.4, -0.2) is 42.5 Å². The van der Waals surface area contributed by atoms with Gasteiger partial charge in [-0.15, -0.1) is 0 Å². The molecule has 21 heavy (non-hydrogen) atoms. The molecule has 1 aromatic carbocycles. The summed E-state index contributed by atoms with van der Waals surface area (Å²) in [5.41, 5.74) is 1.65. The fraction of sp³-hybridized carbons (Fsp3) is 0.600. The number of likely N-dealkylation sites (N-methyl/N-ethyl adjacent to an activating group) is 1. The smallest absolute Gasteiger partial charge is 0.273 e. The van der Waals surface area contributed by atoms with Crippen molar-refractivity contribution in [3.05, 3.63) is 28.3 Å². The number of hydrogen-bond acceptors (Lipinski definition) is 5. The number of benzene rings is 1. The molecule has 1 unspecified atom stereocenters. The van der Waals surface area contributed by atoms with E-state index in [1.807, 2.05) is 13.0 Å². The maximum absolute atomic E-state index is 11.0. The molecule has 0 aliphatic carbocycles. The van der Waals surface area contributed by atoms with Crippen LogP contribution in [0.5, 0.6) is 0 Å². The fourth-order valence-electron chi connectivity index (χ4n) is 2.03. The molecule has 0 spiro atoms. The van der Waals surface area contributed by atoms with Crippen LogP contribution in [0.15, 0.2) is 18.2 Å². The molecule has 0 bridgehead atoms. The SMILES string of the molecule is CCNc1cc(NCCN(C)C(C)CC)cc([N+](=O)[O-])c1. The second kappa shape index (κ2) is 8.46. The van der Waals surface area contributed by atoms with Gasteiger partial charge in [-0.2, -0.15) is 0 Å². The molecule has 6 nitrogen and oxygen atoms in total. The highest BCUT2D eigenvalue weighted by Gasteiger charge is 2.10. The van der Waals surface area contributed by atoms with Crippen LogP contribution in [0, 0.1) is 10.1 Å². The topological polar surface area (TPSA) is 70.4 Å². The normalized spacial score (nSPS) is 12.2. The molecule has 0 heterocycles. The monoisotopic (exact) mass is 294 g/mol. The third-order valence-corrected chi connectivity index (χ3v) is 3.65. The van der Waals surface area contributed by atoms with Crippen LogP contribution in [-0.2, 0) is 0 Å². The number of nitrogens with one attached hydrogen (secondary N) is 2. The lowest BCUT2D eigenvalue weighted by molar-refractivity contribution is -0.384. The molecule has 1 aromatic rings. The number of nitro groups is 1. The van der Waals surface area contributed by atoms with Gasteiger partial charge in [-0.25, -0.2) is 0 Å². The number of rotatable bonds is 9. The lowest BCUT2D eigenvalue weighted by Gasteiger charge is -2.23. The molecule has 2 N–H and O–H groups in total. The van der Waals surface area contributed by atoms with Gasteiger partial charge in [0.2, 0.25) is 0 Å². The first-order valence-corrected chi connectivity index (χ1v) is 7.45. The van der Waals surface area contributed by atoms with E-state index < -0.39 is 0 Å². The summed E-state index contributed by atoms with van der Waals surface area (Å²) in [6.07, 6.45) is 1.11. The maximum Gasteiger partial charge on any atom is 0.273 e. The average Bonchev–Trinajstić information content (AvgIpc) is 2.46. The van der Waals surface area contributed by atoms with Crippen molar-refractivity contribution in [1.82, 2.24) is 4.90 Å². The molecule has 0 fully saturated rings. The largest absolute Gasteiger partial charge is 0.385 e. The van der Waals surface area contributed by atoms with Gasteiger partial charge >= 0.3 is 0 Å². The fourth-order valence-corrected chi connectivity index (χ4v) is 2.03. The zero-order valence-electron chi connectivity index (χ0n) is 13.3. The van der Waals surface area contributed by atoms with E-state index in [-0.39, 0.29) is 10.6 Å². The van der Waals surface area contributed by atoms with Gasteiger partial charge in [0, 0.05) is 49.2 Å². The highest BCUT2D eigenvalue weighted by Crippen LogP contribution is 2.24. The van der Waals surface area contributed by atoms with Crippen molar-refractivity contribution >= 4 is 17.1 Å². The molecule has 1 atom stereocenters. The molecule has 0 saturated carbocycles. The van der Waals surface area contributed by atoms with Crippen molar-refractivity contribution in [2.75, 3.05) is 37.3 Å². The third kappa shape index (κ3) is 5.59. The van der Waals surface area contributed by atoms with Crippen molar-refractivity contribution in [3.63, 3.8) is 0 Å². The number of non-ortho nitro benzene ring substituents is 1. The van der Waals surface area contributed by atoms with Gasteiger partial charge in [-0.1, -0.05) is 6.92 Å². The van der Waals surface area contributed by atoms with Crippen molar-refractivity contribution in [3.8, 4) is 0 Å². The molecular weight excluding hydrogens is 268 g/mol. The number of nitrogens with zero attached hydrogens (tertiary/aromatic N) is 2. The summed E-state index contributed by atoms with van der Waals surface area (Å²) in [7, 11) is 2.09. The van der Waals surface area contributed by atoms with E-state index in [0.717, 1.165) is 37.4 Å². The average molecular weight is 294 g/mol. The van der Waals surface area contributed by atoms with Crippen LogP contribution >= 0.6 is 0 Å². The Labute approximate surface area is 126 Å². The molecule has 6 heteroatoms. The molecule has 0 radical (unpaired) electrons. The Morgan fingerprint density at radius 2 is 1.86 bits per heavy atom. The van der Waals surface area contributed by atoms with E-state index >= 15 is 0 Å². The highest BCUT2D eigenvalue weighted by atomic mass is 16.6.